The fraction of sp³-hybridized carbons (Fsp3) is 0.556. The van der Waals surface area contributed by atoms with Gasteiger partial charge in [-0.25, -0.2) is 9.99 Å². The Morgan fingerprint density at radius 3 is 2.93 bits per heavy atom. The molecule has 0 fully saturated rings. The van der Waals surface area contributed by atoms with Gasteiger partial charge in [-0.15, -0.1) is 0 Å². The lowest BCUT2D eigenvalue weighted by Crippen LogP contribution is -2.21. The zero-order valence-electron chi connectivity index (χ0n) is 8.82. The molecule has 78 valence electrons. The molecule has 5 nitrogen and oxygen atoms in total. The number of hydrogen-bond acceptors (Lipinski definition) is 5. The summed E-state index contributed by atoms with van der Waals surface area (Å²) in [5.41, 5.74) is 2.95. The van der Waals surface area contributed by atoms with Crippen molar-refractivity contribution in [2.24, 2.45) is 0 Å². The zero-order valence-corrected chi connectivity index (χ0v) is 8.82. The largest absolute Gasteiger partial charge is 0.478 e. The summed E-state index contributed by atoms with van der Waals surface area (Å²) in [6, 6.07) is 1.75. The van der Waals surface area contributed by atoms with Gasteiger partial charge in [-0.3, -0.25) is 5.43 Å². The van der Waals surface area contributed by atoms with Crippen LogP contribution in [-0.2, 0) is 0 Å². The molecule has 0 aliphatic carbocycles. The van der Waals surface area contributed by atoms with Crippen LogP contribution in [0.15, 0.2) is 12.3 Å². The first-order valence-corrected chi connectivity index (χ1v) is 4.62. The summed E-state index contributed by atoms with van der Waals surface area (Å²) in [5.74, 6) is 1.15. The molecule has 0 spiro atoms. The average molecular weight is 196 g/mol. The van der Waals surface area contributed by atoms with E-state index in [0.717, 1.165) is 6.42 Å². The summed E-state index contributed by atoms with van der Waals surface area (Å²) in [6.45, 7) is 2.73. The van der Waals surface area contributed by atoms with Crippen LogP contribution in [0.2, 0.25) is 0 Å². The van der Waals surface area contributed by atoms with Gasteiger partial charge in [-0.1, -0.05) is 6.92 Å². The van der Waals surface area contributed by atoms with E-state index in [2.05, 4.69) is 22.3 Å². The summed E-state index contributed by atoms with van der Waals surface area (Å²) in [7, 11) is 3.76. The highest BCUT2D eigenvalue weighted by Gasteiger charge is 1.99. The average Bonchev–Trinajstić information content (AvgIpc) is 2.14. The molecule has 5 heteroatoms. The predicted molar refractivity (Wildman–Crippen MR) is 55.1 cm³/mol. The minimum atomic E-state index is 0.545. The molecule has 0 radical (unpaired) electrons. The molecule has 0 saturated carbocycles. The Morgan fingerprint density at radius 2 is 2.29 bits per heavy atom. The highest BCUT2D eigenvalue weighted by molar-refractivity contribution is 5.25. The van der Waals surface area contributed by atoms with E-state index in [0.29, 0.717) is 18.4 Å². The summed E-state index contributed by atoms with van der Waals surface area (Å²) in [4.78, 5) is 8.21. The second-order valence-corrected chi connectivity index (χ2v) is 3.07. The highest BCUT2D eigenvalue weighted by atomic mass is 16.5. The van der Waals surface area contributed by atoms with Crippen molar-refractivity contribution in [3.63, 3.8) is 0 Å². The van der Waals surface area contributed by atoms with Crippen molar-refractivity contribution in [2.45, 2.75) is 13.3 Å². The van der Waals surface area contributed by atoms with Gasteiger partial charge in [0.2, 0.25) is 11.8 Å². The van der Waals surface area contributed by atoms with Crippen LogP contribution in [0.4, 0.5) is 5.95 Å². The molecular formula is C9H16N4O. The number of nitrogens with one attached hydrogen (secondary N) is 1. The number of aromatic nitrogens is 2. The van der Waals surface area contributed by atoms with Crippen LogP contribution in [-0.4, -0.2) is 35.7 Å². The quantitative estimate of drug-likeness (QED) is 0.716. The van der Waals surface area contributed by atoms with Crippen LogP contribution < -0.4 is 10.2 Å². The highest BCUT2D eigenvalue weighted by Crippen LogP contribution is 2.08. The zero-order chi connectivity index (χ0) is 10.4. The minimum absolute atomic E-state index is 0.545. The third kappa shape index (κ3) is 3.57. The topological polar surface area (TPSA) is 50.3 Å². The summed E-state index contributed by atoms with van der Waals surface area (Å²) in [6.07, 6.45) is 2.64. The van der Waals surface area contributed by atoms with Crippen molar-refractivity contribution in [3.05, 3.63) is 12.3 Å². The first-order chi connectivity index (χ1) is 6.72. The second kappa shape index (κ2) is 5.39. The number of rotatable bonds is 5. The Balaban J connectivity index is 2.59. The number of hydrazine groups is 1. The molecule has 1 N–H and O–H groups in total. The first-order valence-electron chi connectivity index (χ1n) is 4.62. The van der Waals surface area contributed by atoms with Crippen molar-refractivity contribution in [1.82, 2.24) is 15.0 Å². The molecule has 0 atom stereocenters. The second-order valence-electron chi connectivity index (χ2n) is 3.07. The van der Waals surface area contributed by atoms with Crippen molar-refractivity contribution >= 4 is 5.95 Å². The van der Waals surface area contributed by atoms with Crippen LogP contribution in [0.5, 0.6) is 5.88 Å². The maximum atomic E-state index is 5.37. The normalized spacial score (nSPS) is 10.3. The number of anilines is 1. The lowest BCUT2D eigenvalue weighted by atomic mass is 10.5. The summed E-state index contributed by atoms with van der Waals surface area (Å²) in [5, 5.41) is 1.78. The molecule has 0 aliphatic rings. The molecular weight excluding hydrogens is 180 g/mol. The molecule has 0 unspecified atom stereocenters. The third-order valence-corrected chi connectivity index (χ3v) is 1.41. The van der Waals surface area contributed by atoms with Crippen LogP contribution in [0, 0.1) is 0 Å². The maximum Gasteiger partial charge on any atom is 0.240 e. The molecule has 0 aliphatic heterocycles. The minimum Gasteiger partial charge on any atom is -0.478 e. The van der Waals surface area contributed by atoms with Gasteiger partial charge in [0.25, 0.3) is 0 Å². The molecule has 14 heavy (non-hydrogen) atoms. The third-order valence-electron chi connectivity index (χ3n) is 1.41. The van der Waals surface area contributed by atoms with E-state index in [4.69, 9.17) is 4.74 Å². The van der Waals surface area contributed by atoms with E-state index >= 15 is 0 Å². The van der Waals surface area contributed by atoms with Crippen molar-refractivity contribution < 1.29 is 4.74 Å². The van der Waals surface area contributed by atoms with Gasteiger partial charge in [0.1, 0.15) is 0 Å². The van der Waals surface area contributed by atoms with Gasteiger partial charge in [-0.05, 0) is 6.42 Å². The van der Waals surface area contributed by atoms with Gasteiger partial charge in [-0.2, -0.15) is 4.98 Å². The number of hydrogen-bond donors (Lipinski definition) is 1. The van der Waals surface area contributed by atoms with Gasteiger partial charge < -0.3 is 4.74 Å². The molecule has 0 amide bonds. The van der Waals surface area contributed by atoms with Crippen molar-refractivity contribution in [1.29, 1.82) is 0 Å². The van der Waals surface area contributed by atoms with Gasteiger partial charge in [0, 0.05) is 26.4 Å². The van der Waals surface area contributed by atoms with Gasteiger partial charge in [0.15, 0.2) is 0 Å². The van der Waals surface area contributed by atoms with Crippen LogP contribution in [0.3, 0.4) is 0 Å². The Kier molecular flexibility index (Phi) is 4.12. The Hall–Kier alpha value is -1.36. The molecule has 0 saturated heterocycles. The molecule has 1 aromatic rings. The molecule has 0 aromatic carbocycles. The van der Waals surface area contributed by atoms with E-state index in [9.17, 15) is 0 Å². The number of nitrogens with zero attached hydrogens (tertiary/aromatic N) is 3. The van der Waals surface area contributed by atoms with Crippen molar-refractivity contribution in [2.75, 3.05) is 26.1 Å². The van der Waals surface area contributed by atoms with Crippen LogP contribution in [0.25, 0.3) is 0 Å². The smallest absolute Gasteiger partial charge is 0.240 e. The Bertz CT molecular complexity index is 277. The number of ether oxygens (including phenoxy) is 1. The maximum absolute atomic E-state index is 5.37. The van der Waals surface area contributed by atoms with E-state index in [1.54, 1.807) is 17.3 Å². The lowest BCUT2D eigenvalue weighted by Gasteiger charge is -2.11. The molecule has 1 rings (SSSR count). The van der Waals surface area contributed by atoms with Gasteiger partial charge in [0.05, 0.1) is 6.61 Å². The lowest BCUT2D eigenvalue weighted by molar-refractivity contribution is 0.304. The van der Waals surface area contributed by atoms with Crippen LogP contribution in [0.1, 0.15) is 13.3 Å². The van der Waals surface area contributed by atoms with Crippen molar-refractivity contribution in [3.8, 4) is 5.88 Å². The molecule has 1 aromatic heterocycles. The first kappa shape index (κ1) is 10.7. The van der Waals surface area contributed by atoms with E-state index in [1.165, 1.54) is 0 Å². The Morgan fingerprint density at radius 1 is 1.50 bits per heavy atom. The summed E-state index contributed by atoms with van der Waals surface area (Å²) < 4.78 is 5.37. The predicted octanol–water partition coefficient (Wildman–Crippen LogP) is 1.15. The SMILES string of the molecule is CCCOc1ccnc(NN(C)C)n1. The van der Waals surface area contributed by atoms with Crippen LogP contribution >= 0.6 is 0 Å². The van der Waals surface area contributed by atoms with E-state index < -0.39 is 0 Å². The molecule has 0 bridgehead atoms. The summed E-state index contributed by atoms with van der Waals surface area (Å²) >= 11 is 0. The van der Waals surface area contributed by atoms with E-state index in [1.807, 2.05) is 14.1 Å². The molecule has 1 heterocycles. The monoisotopic (exact) mass is 196 g/mol. The van der Waals surface area contributed by atoms with E-state index in [-0.39, 0.29) is 0 Å². The standard InChI is InChI=1S/C9H16N4O/c1-4-7-14-8-5-6-10-9(11-8)12-13(2)3/h5-6H,4,7H2,1-3H3,(H,10,11,12). The fourth-order valence-corrected chi connectivity index (χ4v) is 0.883. The Labute approximate surface area is 84.1 Å². The van der Waals surface area contributed by atoms with Gasteiger partial charge >= 0.3 is 0 Å². The fourth-order valence-electron chi connectivity index (χ4n) is 0.883.